The minimum absolute atomic E-state index is 0.0710. The Labute approximate surface area is 96.5 Å². The molecule has 0 radical (unpaired) electrons. The highest BCUT2D eigenvalue weighted by atomic mass is 16.2. The van der Waals surface area contributed by atoms with E-state index in [1.807, 2.05) is 26.0 Å². The molecule has 2 N–H and O–H groups in total. The molecular formula is C12H19N3O. The second kappa shape index (κ2) is 5.07. The second-order valence-corrected chi connectivity index (χ2v) is 4.70. The predicted octanol–water partition coefficient (Wildman–Crippen LogP) is 1.42. The van der Waals surface area contributed by atoms with Crippen molar-refractivity contribution in [2.24, 2.45) is 11.1 Å². The van der Waals surface area contributed by atoms with Gasteiger partial charge in [-0.15, -0.1) is 0 Å². The van der Waals surface area contributed by atoms with E-state index in [0.29, 0.717) is 13.0 Å². The summed E-state index contributed by atoms with van der Waals surface area (Å²) in [6, 6.07) is 3.63. The van der Waals surface area contributed by atoms with Crippen LogP contribution < -0.4 is 10.6 Å². The van der Waals surface area contributed by atoms with Crippen LogP contribution in [0.15, 0.2) is 24.5 Å². The first-order valence-corrected chi connectivity index (χ1v) is 5.33. The molecule has 0 saturated carbocycles. The van der Waals surface area contributed by atoms with E-state index >= 15 is 0 Å². The van der Waals surface area contributed by atoms with Crippen LogP contribution >= 0.6 is 0 Å². The molecule has 1 heterocycles. The quantitative estimate of drug-likeness (QED) is 0.836. The van der Waals surface area contributed by atoms with Crippen LogP contribution in [-0.2, 0) is 4.79 Å². The molecule has 0 aliphatic heterocycles. The number of rotatable bonds is 4. The van der Waals surface area contributed by atoms with E-state index in [1.54, 1.807) is 24.3 Å². The monoisotopic (exact) mass is 221 g/mol. The molecule has 0 bridgehead atoms. The third-order valence-corrected chi connectivity index (χ3v) is 2.61. The molecule has 0 aliphatic carbocycles. The third-order valence-electron chi connectivity index (χ3n) is 2.61. The van der Waals surface area contributed by atoms with Gasteiger partial charge in [-0.25, -0.2) is 0 Å². The zero-order valence-corrected chi connectivity index (χ0v) is 10.1. The Morgan fingerprint density at radius 1 is 1.44 bits per heavy atom. The molecule has 1 rings (SSSR count). The van der Waals surface area contributed by atoms with Gasteiger partial charge in [-0.2, -0.15) is 0 Å². The van der Waals surface area contributed by atoms with Crippen LogP contribution in [0.25, 0.3) is 0 Å². The van der Waals surface area contributed by atoms with E-state index in [-0.39, 0.29) is 11.3 Å². The summed E-state index contributed by atoms with van der Waals surface area (Å²) in [7, 11) is 1.77. The van der Waals surface area contributed by atoms with E-state index in [2.05, 4.69) is 4.98 Å². The molecule has 0 unspecified atom stereocenters. The van der Waals surface area contributed by atoms with Crippen molar-refractivity contribution in [1.29, 1.82) is 0 Å². The Kier molecular flexibility index (Phi) is 4.01. The van der Waals surface area contributed by atoms with E-state index in [9.17, 15) is 4.79 Å². The third kappa shape index (κ3) is 3.31. The Morgan fingerprint density at radius 2 is 2.00 bits per heavy atom. The topological polar surface area (TPSA) is 59.2 Å². The van der Waals surface area contributed by atoms with Crippen molar-refractivity contribution >= 4 is 11.6 Å². The lowest BCUT2D eigenvalue weighted by atomic mass is 9.89. The van der Waals surface area contributed by atoms with E-state index in [4.69, 9.17) is 5.73 Å². The average molecular weight is 221 g/mol. The smallest absolute Gasteiger partial charge is 0.227 e. The first-order valence-electron chi connectivity index (χ1n) is 5.33. The zero-order valence-electron chi connectivity index (χ0n) is 10.1. The van der Waals surface area contributed by atoms with Gasteiger partial charge in [-0.3, -0.25) is 9.78 Å². The van der Waals surface area contributed by atoms with Crippen LogP contribution in [-0.4, -0.2) is 24.5 Å². The number of hydrogen-bond acceptors (Lipinski definition) is 3. The minimum Gasteiger partial charge on any atom is -0.330 e. The number of nitrogens with two attached hydrogens (primary N) is 1. The van der Waals surface area contributed by atoms with E-state index < -0.39 is 0 Å². The average Bonchev–Trinajstić information content (AvgIpc) is 2.28. The van der Waals surface area contributed by atoms with Crippen LogP contribution in [0.1, 0.15) is 20.3 Å². The number of carbonyl (C=O) groups is 1. The van der Waals surface area contributed by atoms with Gasteiger partial charge in [0.1, 0.15) is 0 Å². The number of aromatic nitrogens is 1. The summed E-state index contributed by atoms with van der Waals surface area (Å²) < 4.78 is 0. The van der Waals surface area contributed by atoms with Crippen LogP contribution in [0.4, 0.5) is 5.69 Å². The molecule has 0 aromatic carbocycles. The van der Waals surface area contributed by atoms with Gasteiger partial charge < -0.3 is 10.6 Å². The van der Waals surface area contributed by atoms with Gasteiger partial charge in [-0.1, -0.05) is 13.8 Å². The van der Waals surface area contributed by atoms with Crippen molar-refractivity contribution < 1.29 is 4.79 Å². The maximum atomic E-state index is 12.0. The highest BCUT2D eigenvalue weighted by Gasteiger charge is 2.22. The summed E-state index contributed by atoms with van der Waals surface area (Å²) in [5, 5.41) is 0. The SMILES string of the molecule is CN(C(=O)CC(C)(C)CN)c1ccncc1. The molecule has 0 atom stereocenters. The standard InChI is InChI=1S/C12H19N3O/c1-12(2,9-13)8-11(16)15(3)10-4-6-14-7-5-10/h4-7H,8-9,13H2,1-3H3. The summed E-state index contributed by atoms with van der Waals surface area (Å²) in [6.07, 6.45) is 3.79. The van der Waals surface area contributed by atoms with Crippen LogP contribution in [0.2, 0.25) is 0 Å². The van der Waals surface area contributed by atoms with Crippen molar-refractivity contribution in [3.63, 3.8) is 0 Å². The van der Waals surface area contributed by atoms with Gasteiger partial charge in [0.25, 0.3) is 0 Å². The fourth-order valence-electron chi connectivity index (χ4n) is 1.31. The van der Waals surface area contributed by atoms with Crippen molar-refractivity contribution in [3.8, 4) is 0 Å². The maximum Gasteiger partial charge on any atom is 0.227 e. The lowest BCUT2D eigenvalue weighted by molar-refractivity contribution is -0.120. The van der Waals surface area contributed by atoms with Crippen molar-refractivity contribution in [2.75, 3.05) is 18.5 Å². The molecule has 4 nitrogen and oxygen atoms in total. The first kappa shape index (κ1) is 12.6. The van der Waals surface area contributed by atoms with Crippen LogP contribution in [0.3, 0.4) is 0 Å². The molecule has 1 amide bonds. The van der Waals surface area contributed by atoms with Gasteiger partial charge in [0.2, 0.25) is 5.91 Å². The molecule has 1 aromatic rings. The predicted molar refractivity (Wildman–Crippen MR) is 65.1 cm³/mol. The molecule has 16 heavy (non-hydrogen) atoms. The fourth-order valence-corrected chi connectivity index (χ4v) is 1.31. The Bertz CT molecular complexity index is 349. The number of amides is 1. The zero-order chi connectivity index (χ0) is 12.2. The van der Waals surface area contributed by atoms with Gasteiger partial charge in [0, 0.05) is 31.5 Å². The van der Waals surface area contributed by atoms with E-state index in [1.165, 1.54) is 0 Å². The fraction of sp³-hybridized carbons (Fsp3) is 0.500. The van der Waals surface area contributed by atoms with Gasteiger partial charge in [-0.05, 0) is 24.1 Å². The van der Waals surface area contributed by atoms with Gasteiger partial charge in [0.05, 0.1) is 0 Å². The number of carbonyl (C=O) groups excluding carboxylic acids is 1. The van der Waals surface area contributed by atoms with Gasteiger partial charge in [0.15, 0.2) is 0 Å². The number of pyridine rings is 1. The number of nitrogens with zero attached hydrogens (tertiary/aromatic N) is 2. The Balaban J connectivity index is 2.69. The summed E-state index contributed by atoms with van der Waals surface area (Å²) in [5.74, 6) is 0.0710. The lowest BCUT2D eigenvalue weighted by Gasteiger charge is -2.25. The van der Waals surface area contributed by atoms with Gasteiger partial charge >= 0.3 is 0 Å². The molecule has 0 spiro atoms. The first-order chi connectivity index (χ1) is 7.46. The Hall–Kier alpha value is -1.42. The largest absolute Gasteiger partial charge is 0.330 e. The van der Waals surface area contributed by atoms with Crippen molar-refractivity contribution in [1.82, 2.24) is 4.98 Å². The molecular weight excluding hydrogens is 202 g/mol. The molecule has 0 fully saturated rings. The number of anilines is 1. The number of hydrogen-bond donors (Lipinski definition) is 1. The maximum absolute atomic E-state index is 12.0. The highest BCUT2D eigenvalue weighted by Crippen LogP contribution is 2.21. The summed E-state index contributed by atoms with van der Waals surface area (Å²) in [4.78, 5) is 17.5. The second-order valence-electron chi connectivity index (χ2n) is 4.70. The van der Waals surface area contributed by atoms with Crippen molar-refractivity contribution in [3.05, 3.63) is 24.5 Å². The Morgan fingerprint density at radius 3 is 2.50 bits per heavy atom. The molecule has 4 heteroatoms. The summed E-state index contributed by atoms with van der Waals surface area (Å²) in [6.45, 7) is 4.49. The highest BCUT2D eigenvalue weighted by molar-refractivity contribution is 5.93. The lowest BCUT2D eigenvalue weighted by Crippen LogP contribution is -2.34. The summed E-state index contributed by atoms with van der Waals surface area (Å²) in [5.41, 5.74) is 6.31. The van der Waals surface area contributed by atoms with Crippen LogP contribution in [0, 0.1) is 5.41 Å². The molecule has 1 aromatic heterocycles. The normalized spacial score (nSPS) is 11.2. The molecule has 88 valence electrons. The van der Waals surface area contributed by atoms with Crippen LogP contribution in [0.5, 0.6) is 0 Å². The minimum atomic E-state index is -0.154. The molecule has 0 aliphatic rings. The van der Waals surface area contributed by atoms with E-state index in [0.717, 1.165) is 5.69 Å². The molecule has 0 saturated heterocycles. The summed E-state index contributed by atoms with van der Waals surface area (Å²) >= 11 is 0. The van der Waals surface area contributed by atoms with Crippen molar-refractivity contribution in [2.45, 2.75) is 20.3 Å².